The monoisotopic (exact) mass is 1080 g/mol. The van der Waals surface area contributed by atoms with E-state index in [-0.39, 0.29) is 27.8 Å². The van der Waals surface area contributed by atoms with E-state index >= 15 is 0 Å². The quantitative estimate of drug-likeness (QED) is 0.118. The lowest BCUT2D eigenvalue weighted by Gasteiger charge is -2.27. The number of nitrogens with zero attached hydrogens (tertiary/aromatic N) is 12. The van der Waals surface area contributed by atoms with Crippen LogP contribution in [0.4, 0.5) is 20.4 Å². The minimum absolute atomic E-state index is 0.00246. The number of hydrogen-bond acceptors (Lipinski definition) is 16. The predicted molar refractivity (Wildman–Crippen MR) is 294 cm³/mol. The van der Waals surface area contributed by atoms with Gasteiger partial charge in [-0.25, -0.2) is 42.7 Å². The fourth-order valence-electron chi connectivity index (χ4n) is 12.6. The van der Waals surface area contributed by atoms with Crippen LogP contribution < -0.4 is 21.3 Å². The highest BCUT2D eigenvalue weighted by molar-refractivity contribution is 7.87. The maximum Gasteiger partial charge on any atom is 0.308 e. The molecule has 2 aliphatic heterocycles. The number of nitrogens with one attached hydrogen (secondary N) is 1. The van der Waals surface area contributed by atoms with Gasteiger partial charge in [0.15, 0.2) is 11.3 Å². The van der Waals surface area contributed by atoms with Gasteiger partial charge < -0.3 is 26.3 Å². The molecule has 2 saturated heterocycles. The number of pyridine rings is 2. The molecule has 14 rings (SSSR count). The molecule has 10 aromatic rings. The van der Waals surface area contributed by atoms with Gasteiger partial charge in [0.05, 0.1) is 12.4 Å². The van der Waals surface area contributed by atoms with Gasteiger partial charge >= 0.3 is 10.2 Å². The number of piperidine rings is 2. The van der Waals surface area contributed by atoms with Crippen LogP contribution in [-0.4, -0.2) is 115 Å². The average Bonchev–Trinajstić information content (AvgIpc) is 4.02. The van der Waals surface area contributed by atoms with Gasteiger partial charge in [0.1, 0.15) is 55.4 Å². The Hall–Kier alpha value is -6.95. The summed E-state index contributed by atoms with van der Waals surface area (Å²) in [6.45, 7) is 8.55. The Balaban J connectivity index is 0.000000147. The predicted octanol–water partition coefficient (Wildman–Crippen LogP) is 7.99. The van der Waals surface area contributed by atoms with E-state index in [9.17, 15) is 17.2 Å². The molecule has 0 unspecified atom stereocenters. The molecule has 6 atom stereocenters. The topological polar surface area (TPSA) is 220 Å². The Bertz CT molecular complexity index is 4050. The van der Waals surface area contributed by atoms with Crippen LogP contribution in [0.25, 0.3) is 66.4 Å². The van der Waals surface area contributed by atoms with E-state index in [1.165, 1.54) is 43.6 Å². The molecule has 4 aliphatic rings. The molecule has 10 heterocycles. The molecule has 2 aliphatic carbocycles. The zero-order chi connectivity index (χ0) is 52.4. The molecule has 76 heavy (non-hydrogen) atoms. The van der Waals surface area contributed by atoms with Gasteiger partial charge in [-0.2, -0.15) is 12.7 Å². The van der Waals surface area contributed by atoms with Crippen LogP contribution in [0.3, 0.4) is 0 Å². The summed E-state index contributed by atoms with van der Waals surface area (Å²) in [5.74, 6) is 2.57. The van der Waals surface area contributed by atoms with E-state index in [1.807, 2.05) is 38.4 Å². The number of nitrogens with two attached hydrogens (primary N) is 2. The van der Waals surface area contributed by atoms with Crippen molar-refractivity contribution in [2.75, 3.05) is 63.2 Å². The molecular formula is C54H53F2N15O2S3. The molecule has 0 radical (unpaired) electrons. The Labute approximate surface area is 444 Å². The van der Waals surface area contributed by atoms with Crippen molar-refractivity contribution in [3.8, 4) is 22.3 Å². The number of anilines is 2. The number of fused-ring (bicyclic) bond motifs is 6. The molecule has 4 fully saturated rings. The zero-order valence-corrected chi connectivity index (χ0v) is 44.5. The summed E-state index contributed by atoms with van der Waals surface area (Å²) in [6, 6.07) is 13.4. The molecule has 17 nitrogen and oxygen atoms in total. The minimum atomic E-state index is -3.94. The molecule has 0 spiro atoms. The van der Waals surface area contributed by atoms with Crippen molar-refractivity contribution in [3.63, 3.8) is 0 Å². The summed E-state index contributed by atoms with van der Waals surface area (Å²) in [5.41, 5.74) is 20.2. The first kappa shape index (κ1) is 48.7. The second-order valence-corrected chi connectivity index (χ2v) is 24.4. The number of halogens is 2. The molecule has 8 aromatic heterocycles. The lowest BCUT2D eigenvalue weighted by Crippen LogP contribution is -2.33. The molecule has 2 saturated carbocycles. The van der Waals surface area contributed by atoms with Gasteiger partial charge in [0.25, 0.3) is 0 Å². The van der Waals surface area contributed by atoms with Crippen LogP contribution in [0.2, 0.25) is 0 Å². The first-order valence-corrected chi connectivity index (χ1v) is 28.4. The molecule has 0 amide bonds. The number of H-pyrrole nitrogens is 1. The number of benzene rings is 2. The van der Waals surface area contributed by atoms with Crippen molar-refractivity contribution >= 4 is 88.7 Å². The third-order valence-corrected chi connectivity index (χ3v) is 20.6. The van der Waals surface area contributed by atoms with E-state index in [1.54, 1.807) is 59.3 Å². The Morgan fingerprint density at radius 3 is 1.71 bits per heavy atom. The first-order valence-electron chi connectivity index (χ1n) is 25.2. The van der Waals surface area contributed by atoms with Crippen LogP contribution in [0, 0.1) is 49.2 Å². The summed E-state index contributed by atoms with van der Waals surface area (Å²) >= 11 is 3.42. The highest BCUT2D eigenvalue weighted by Gasteiger charge is 2.68. The number of aromatic amines is 1. The molecular weight excluding hydrogens is 1020 g/mol. The summed E-state index contributed by atoms with van der Waals surface area (Å²) in [7, 11) is -0.998. The normalized spacial score (nSPS) is 23.1. The van der Waals surface area contributed by atoms with Crippen molar-refractivity contribution in [3.05, 3.63) is 130 Å². The van der Waals surface area contributed by atoms with Crippen LogP contribution in [-0.2, 0) is 21.0 Å². The van der Waals surface area contributed by atoms with Crippen LogP contribution in [0.5, 0.6) is 0 Å². The van der Waals surface area contributed by atoms with Crippen molar-refractivity contribution in [2.24, 2.45) is 35.1 Å². The molecule has 22 heteroatoms. The highest BCUT2D eigenvalue weighted by Crippen LogP contribution is 2.64. The number of hydrogen-bond donors (Lipinski definition) is 3. The van der Waals surface area contributed by atoms with Gasteiger partial charge in [0, 0.05) is 133 Å². The van der Waals surface area contributed by atoms with Crippen LogP contribution in [0.15, 0.2) is 96.5 Å². The van der Waals surface area contributed by atoms with Gasteiger partial charge in [-0.05, 0) is 85.8 Å². The first-order chi connectivity index (χ1) is 36.8. The van der Waals surface area contributed by atoms with E-state index in [2.05, 4.69) is 35.5 Å². The molecule has 5 N–H and O–H groups in total. The lowest BCUT2D eigenvalue weighted by atomic mass is 10.0. The van der Waals surface area contributed by atoms with Gasteiger partial charge in [-0.1, -0.05) is 24.3 Å². The van der Waals surface area contributed by atoms with E-state index in [0.29, 0.717) is 70.1 Å². The van der Waals surface area contributed by atoms with E-state index in [0.717, 1.165) is 97.2 Å². The number of thiazole rings is 2. The smallest absolute Gasteiger partial charge is 0.308 e. The summed E-state index contributed by atoms with van der Waals surface area (Å²) in [4.78, 5) is 45.1. The van der Waals surface area contributed by atoms with Gasteiger partial charge in [-0.3, -0.25) is 9.97 Å². The summed E-state index contributed by atoms with van der Waals surface area (Å²) in [5, 5.41) is 7.80. The average molecular weight is 1080 g/mol. The maximum atomic E-state index is 14.6. The number of aromatic nitrogens is 10. The number of aryl methyl sites for hydroxylation is 2. The lowest BCUT2D eigenvalue weighted by molar-refractivity contribution is 0.512. The highest BCUT2D eigenvalue weighted by atomic mass is 32.2. The molecule has 2 aromatic carbocycles. The largest absolute Gasteiger partial charge is 0.355 e. The Kier molecular flexibility index (Phi) is 11.6. The summed E-state index contributed by atoms with van der Waals surface area (Å²) < 4.78 is 58.1. The second-order valence-electron chi connectivity index (χ2n) is 20.6. The van der Waals surface area contributed by atoms with Crippen molar-refractivity contribution in [1.29, 1.82) is 0 Å². The van der Waals surface area contributed by atoms with Crippen LogP contribution in [0.1, 0.15) is 34.2 Å². The standard InChI is InChI=1S/C28H29FN8O2S2.C26H24FN7S/c1-16-14-40-27(33-16)28(15-30)20-8-10-36(13-21(20)28)23-11-32-25-19(12-37(26(25)34-23)41(38,39)35(2)3)17-6-7-22(29)24-18(17)5-4-9-31-24;1-14-12-35-25(32-14)26(13-28)18-6-8-34(11-19(18)26)21-10-30-23-17(9-31-24(23)33-21)15-4-5-20(27)22-16(15)3-2-7-29-22/h4-7,9,11-12,14,20-21H,8,10,13,15,30H2,1-3H3;2-5,7,9-10,12,18-19H,6,8,11,13,28H2,1H3,(H,31,33)/t20-,21+,28+;18-,19+,26+/m11/s1. The van der Waals surface area contributed by atoms with E-state index < -0.39 is 16.0 Å². The molecule has 388 valence electrons. The van der Waals surface area contributed by atoms with Gasteiger partial charge in [-0.15, -0.1) is 22.7 Å². The fourth-order valence-corrected chi connectivity index (χ4v) is 15.8. The fraction of sp³-hybridized carbons (Fsp3) is 0.333. The number of rotatable bonds is 10. The minimum Gasteiger partial charge on any atom is -0.355 e. The van der Waals surface area contributed by atoms with Crippen molar-refractivity contribution in [1.82, 2.24) is 53.1 Å². The van der Waals surface area contributed by atoms with Gasteiger partial charge in [0.2, 0.25) is 0 Å². The molecule has 0 bridgehead atoms. The second kappa shape index (κ2) is 18.1. The maximum absolute atomic E-state index is 14.6. The van der Waals surface area contributed by atoms with Crippen molar-refractivity contribution in [2.45, 2.75) is 37.5 Å². The third-order valence-electron chi connectivity index (χ3n) is 16.6. The third kappa shape index (κ3) is 7.46. The van der Waals surface area contributed by atoms with Crippen molar-refractivity contribution < 1.29 is 17.2 Å². The SMILES string of the molecule is Cc1csc([C@@]2(CN)[C@@H]3CCN(c4cnc5c(-c6ccc(F)c7ncccc67)c[nH]c5n4)C[C@@H]32)n1.Cc1csc([C@@]2(CN)[C@@H]3CCN(c4cnc5c(-c6ccc(F)c7ncccc67)cn(S(=O)(=O)N(C)C)c5n4)C[C@@H]32)n1. The Morgan fingerprint density at radius 2 is 1.20 bits per heavy atom. The summed E-state index contributed by atoms with van der Waals surface area (Å²) in [6.07, 6.45) is 12.1. The zero-order valence-electron chi connectivity index (χ0n) is 42.0. The van der Waals surface area contributed by atoms with E-state index in [4.69, 9.17) is 41.4 Å². The van der Waals surface area contributed by atoms with Crippen LogP contribution >= 0.6 is 22.7 Å². The Morgan fingerprint density at radius 1 is 0.671 bits per heavy atom.